The molecular formula is C13H24N4O2S. The molecule has 0 saturated heterocycles. The zero-order chi connectivity index (χ0) is 14.9. The van der Waals surface area contributed by atoms with Crippen LogP contribution in [0.15, 0.2) is 4.90 Å². The molecule has 1 aliphatic rings. The Labute approximate surface area is 120 Å². The molecule has 0 aliphatic heterocycles. The van der Waals surface area contributed by atoms with Crippen LogP contribution in [0, 0.1) is 0 Å². The van der Waals surface area contributed by atoms with E-state index in [4.69, 9.17) is 5.73 Å². The lowest BCUT2D eigenvalue weighted by atomic mass is 9.96. The molecule has 1 aromatic heterocycles. The number of nitrogens with two attached hydrogens (primary N) is 1. The zero-order valence-corrected chi connectivity index (χ0v) is 13.3. The van der Waals surface area contributed by atoms with E-state index in [-0.39, 0.29) is 16.8 Å². The molecule has 1 fully saturated rings. The molecular weight excluding hydrogens is 276 g/mol. The van der Waals surface area contributed by atoms with Crippen molar-refractivity contribution >= 4 is 21.5 Å². The summed E-state index contributed by atoms with van der Waals surface area (Å²) in [6.07, 6.45) is 6.76. The van der Waals surface area contributed by atoms with Crippen molar-refractivity contribution in [2.24, 2.45) is 0 Å². The number of hydrogen-bond acceptors (Lipinski definition) is 5. The van der Waals surface area contributed by atoms with Crippen molar-refractivity contribution in [3.63, 3.8) is 0 Å². The second-order valence-electron chi connectivity index (χ2n) is 5.56. The molecule has 1 heterocycles. The lowest BCUT2D eigenvalue weighted by Crippen LogP contribution is -2.19. The minimum absolute atomic E-state index is 0.174. The number of hydrogen-bond donors (Lipinski definition) is 1. The summed E-state index contributed by atoms with van der Waals surface area (Å²) in [6, 6.07) is 0.225. The molecule has 2 N–H and O–H groups in total. The van der Waals surface area contributed by atoms with Gasteiger partial charge in [0, 0.05) is 19.8 Å². The van der Waals surface area contributed by atoms with E-state index in [0.717, 1.165) is 25.7 Å². The summed E-state index contributed by atoms with van der Waals surface area (Å²) in [6.45, 7) is 2.64. The third kappa shape index (κ3) is 2.77. The van der Waals surface area contributed by atoms with Crippen molar-refractivity contribution in [3.05, 3.63) is 0 Å². The molecule has 0 amide bonds. The van der Waals surface area contributed by atoms with Gasteiger partial charge in [-0.15, -0.1) is 0 Å². The van der Waals surface area contributed by atoms with Crippen molar-refractivity contribution in [1.29, 1.82) is 0 Å². The van der Waals surface area contributed by atoms with Crippen LogP contribution >= 0.6 is 0 Å². The van der Waals surface area contributed by atoms with E-state index in [9.17, 15) is 8.42 Å². The van der Waals surface area contributed by atoms with Gasteiger partial charge < -0.3 is 10.6 Å². The third-order valence-electron chi connectivity index (χ3n) is 4.01. The molecule has 7 heteroatoms. The minimum atomic E-state index is -3.39. The summed E-state index contributed by atoms with van der Waals surface area (Å²) in [4.78, 5) is 2.00. The van der Waals surface area contributed by atoms with Crippen LogP contribution in [-0.2, 0) is 9.84 Å². The summed E-state index contributed by atoms with van der Waals surface area (Å²) in [7, 11) is -1.55. The fraction of sp³-hybridized carbons (Fsp3) is 0.769. The highest BCUT2D eigenvalue weighted by molar-refractivity contribution is 7.91. The maximum atomic E-state index is 12.0. The van der Waals surface area contributed by atoms with Gasteiger partial charge in [0.1, 0.15) is 5.82 Å². The number of nitrogens with zero attached hydrogens (tertiary/aromatic N) is 3. The largest absolute Gasteiger partial charge is 0.383 e. The van der Waals surface area contributed by atoms with Crippen molar-refractivity contribution in [2.45, 2.75) is 50.0 Å². The van der Waals surface area contributed by atoms with Gasteiger partial charge in [0.15, 0.2) is 20.6 Å². The average molecular weight is 300 g/mol. The van der Waals surface area contributed by atoms with Crippen LogP contribution in [0.4, 0.5) is 11.6 Å². The molecule has 6 nitrogen and oxygen atoms in total. The van der Waals surface area contributed by atoms with E-state index in [1.807, 2.05) is 18.9 Å². The Morgan fingerprint density at radius 1 is 1.35 bits per heavy atom. The van der Waals surface area contributed by atoms with Crippen LogP contribution in [0.2, 0.25) is 0 Å². The Kier molecular flexibility index (Phi) is 4.27. The number of aromatic nitrogens is 2. The quantitative estimate of drug-likeness (QED) is 0.917. The number of anilines is 2. The van der Waals surface area contributed by atoms with Gasteiger partial charge in [-0.2, -0.15) is 5.10 Å². The summed E-state index contributed by atoms with van der Waals surface area (Å²) in [5.74, 6) is 0.757. The Balaban J connectivity index is 2.52. The number of sulfone groups is 1. The van der Waals surface area contributed by atoms with Crippen LogP contribution in [0.3, 0.4) is 0 Å². The minimum Gasteiger partial charge on any atom is -0.383 e. The molecule has 2 rings (SSSR count). The molecule has 0 radical (unpaired) electrons. The highest BCUT2D eigenvalue weighted by atomic mass is 32.2. The van der Waals surface area contributed by atoms with Crippen LogP contribution < -0.4 is 10.6 Å². The van der Waals surface area contributed by atoms with Crippen molar-refractivity contribution in [3.8, 4) is 0 Å². The fourth-order valence-corrected chi connectivity index (χ4v) is 3.78. The second-order valence-corrected chi connectivity index (χ2v) is 7.51. The molecule has 0 atom stereocenters. The molecule has 0 aromatic carbocycles. The number of nitrogen functional groups attached to an aromatic ring is 1. The molecule has 1 saturated carbocycles. The normalized spacial score (nSPS) is 17.4. The molecule has 0 bridgehead atoms. The van der Waals surface area contributed by atoms with Crippen molar-refractivity contribution in [2.75, 3.05) is 30.5 Å². The highest BCUT2D eigenvalue weighted by Gasteiger charge is 2.29. The summed E-state index contributed by atoms with van der Waals surface area (Å²) in [5.41, 5.74) is 6.11. The average Bonchev–Trinajstić information content (AvgIpc) is 2.76. The fourth-order valence-electron chi connectivity index (χ4n) is 2.78. The maximum absolute atomic E-state index is 12.0. The Hall–Kier alpha value is -1.24. The predicted molar refractivity (Wildman–Crippen MR) is 80.8 cm³/mol. The highest BCUT2D eigenvalue weighted by Crippen LogP contribution is 2.36. The predicted octanol–water partition coefficient (Wildman–Crippen LogP) is 1.83. The maximum Gasteiger partial charge on any atom is 0.182 e. The molecule has 0 spiro atoms. The lowest BCUT2D eigenvalue weighted by Gasteiger charge is -2.23. The standard InChI is InChI=1S/C13H24N4O2S/c1-4-16(2)13-11(20(3,18)19)12(14)17(15-13)10-8-6-5-7-9-10/h10H,4-9,14H2,1-3H3. The summed E-state index contributed by atoms with van der Waals surface area (Å²) < 4.78 is 25.8. The Bertz CT molecular complexity index is 573. The topological polar surface area (TPSA) is 81.2 Å². The van der Waals surface area contributed by atoms with Gasteiger partial charge in [-0.25, -0.2) is 13.1 Å². The Morgan fingerprint density at radius 2 is 1.95 bits per heavy atom. The van der Waals surface area contributed by atoms with Crippen LogP contribution in [-0.4, -0.2) is 38.0 Å². The lowest BCUT2D eigenvalue weighted by molar-refractivity contribution is 0.333. The van der Waals surface area contributed by atoms with Gasteiger partial charge in [0.2, 0.25) is 0 Å². The molecule has 0 unspecified atom stereocenters. The second kappa shape index (κ2) is 5.63. The van der Waals surface area contributed by atoms with Crippen LogP contribution in [0.25, 0.3) is 0 Å². The first-order valence-corrected chi connectivity index (χ1v) is 9.04. The third-order valence-corrected chi connectivity index (χ3v) is 5.15. The van der Waals surface area contributed by atoms with E-state index in [2.05, 4.69) is 5.10 Å². The van der Waals surface area contributed by atoms with Crippen LogP contribution in [0.1, 0.15) is 45.1 Å². The van der Waals surface area contributed by atoms with Gasteiger partial charge in [-0.3, -0.25) is 0 Å². The van der Waals surface area contributed by atoms with Gasteiger partial charge in [-0.1, -0.05) is 19.3 Å². The Morgan fingerprint density at radius 3 is 2.45 bits per heavy atom. The van der Waals surface area contributed by atoms with Gasteiger partial charge in [0.25, 0.3) is 0 Å². The first-order chi connectivity index (χ1) is 9.36. The van der Waals surface area contributed by atoms with Gasteiger partial charge in [-0.05, 0) is 19.8 Å². The summed E-state index contributed by atoms with van der Waals surface area (Å²) >= 11 is 0. The molecule has 20 heavy (non-hydrogen) atoms. The first-order valence-electron chi connectivity index (χ1n) is 7.15. The SMILES string of the molecule is CCN(C)c1nn(C2CCCCC2)c(N)c1S(C)(=O)=O. The smallest absolute Gasteiger partial charge is 0.182 e. The van der Waals surface area contributed by atoms with Crippen molar-refractivity contribution < 1.29 is 8.42 Å². The van der Waals surface area contributed by atoms with E-state index in [1.165, 1.54) is 12.7 Å². The number of rotatable bonds is 4. The van der Waals surface area contributed by atoms with Gasteiger partial charge >= 0.3 is 0 Å². The molecule has 114 valence electrons. The molecule has 1 aromatic rings. The monoisotopic (exact) mass is 300 g/mol. The van der Waals surface area contributed by atoms with Crippen molar-refractivity contribution in [1.82, 2.24) is 9.78 Å². The van der Waals surface area contributed by atoms with Crippen LogP contribution in [0.5, 0.6) is 0 Å². The van der Waals surface area contributed by atoms with E-state index >= 15 is 0 Å². The van der Waals surface area contributed by atoms with Gasteiger partial charge in [0.05, 0.1) is 6.04 Å². The zero-order valence-electron chi connectivity index (χ0n) is 12.5. The molecule has 1 aliphatic carbocycles. The first kappa shape index (κ1) is 15.2. The van der Waals surface area contributed by atoms with E-state index in [0.29, 0.717) is 12.4 Å². The van der Waals surface area contributed by atoms with E-state index < -0.39 is 9.84 Å². The van der Waals surface area contributed by atoms with E-state index in [1.54, 1.807) is 4.68 Å². The summed E-state index contributed by atoms with van der Waals surface area (Å²) in [5, 5.41) is 4.51.